The van der Waals surface area contributed by atoms with E-state index < -0.39 is 10.0 Å². The molecule has 18 heavy (non-hydrogen) atoms. The summed E-state index contributed by atoms with van der Waals surface area (Å²) in [6.45, 7) is 3.73. The smallest absolute Gasteiger partial charge is 0.274 e. The molecule has 0 saturated carbocycles. The molecule has 1 aromatic rings. The van der Waals surface area contributed by atoms with Gasteiger partial charge in [-0.15, -0.1) is 0 Å². The van der Waals surface area contributed by atoms with Crippen molar-refractivity contribution in [1.29, 1.82) is 0 Å². The van der Waals surface area contributed by atoms with E-state index in [1.54, 1.807) is 12.1 Å². The van der Waals surface area contributed by atoms with Crippen molar-refractivity contribution in [2.45, 2.75) is 11.0 Å². The van der Waals surface area contributed by atoms with Gasteiger partial charge in [0.15, 0.2) is 0 Å². The fourth-order valence-electron chi connectivity index (χ4n) is 1.52. The maximum atomic E-state index is 12.3. The molecular formula is C11H10BrNO3S2. The van der Waals surface area contributed by atoms with Crippen molar-refractivity contribution >= 4 is 43.3 Å². The molecule has 1 fully saturated rings. The number of halogens is 1. The van der Waals surface area contributed by atoms with Crippen molar-refractivity contribution in [3.05, 3.63) is 41.4 Å². The fourth-order valence-corrected chi connectivity index (χ4v) is 3.59. The van der Waals surface area contributed by atoms with Crippen molar-refractivity contribution in [3.8, 4) is 0 Å². The number of hydrogen-bond acceptors (Lipinski definition) is 4. The van der Waals surface area contributed by atoms with E-state index in [9.17, 15) is 8.42 Å². The summed E-state index contributed by atoms with van der Waals surface area (Å²) in [4.78, 5) is 0.182. The summed E-state index contributed by atoms with van der Waals surface area (Å²) in [5.74, 6) is 0. The summed E-state index contributed by atoms with van der Waals surface area (Å²) < 4.78 is 31.8. The molecular weight excluding hydrogens is 338 g/mol. The van der Waals surface area contributed by atoms with Crippen LogP contribution >= 0.6 is 28.1 Å². The molecule has 4 nitrogen and oxygen atoms in total. The molecule has 0 bridgehead atoms. The van der Waals surface area contributed by atoms with Crippen LogP contribution in [0.1, 0.15) is 0 Å². The van der Waals surface area contributed by atoms with E-state index in [0.717, 1.165) is 8.78 Å². The molecule has 0 radical (unpaired) electrons. The highest BCUT2D eigenvalue weighted by molar-refractivity contribution is 9.10. The molecule has 1 saturated heterocycles. The first-order valence-electron chi connectivity index (χ1n) is 5.06. The maximum Gasteiger partial charge on any atom is 0.274 e. The Labute approximate surface area is 119 Å². The van der Waals surface area contributed by atoms with Crippen molar-refractivity contribution in [2.75, 3.05) is 6.54 Å². The van der Waals surface area contributed by atoms with Crippen LogP contribution in [0.5, 0.6) is 0 Å². The van der Waals surface area contributed by atoms with Crippen LogP contribution in [-0.2, 0) is 14.8 Å². The van der Waals surface area contributed by atoms with Gasteiger partial charge in [0.05, 0.1) is 11.4 Å². The first-order valence-corrected chi connectivity index (χ1v) is 7.71. The second kappa shape index (κ2) is 4.99. The molecule has 7 heteroatoms. The Kier molecular flexibility index (Phi) is 3.74. The van der Waals surface area contributed by atoms with Crippen LogP contribution in [0.4, 0.5) is 0 Å². The average Bonchev–Trinajstić information content (AvgIpc) is 2.72. The second-order valence-electron chi connectivity index (χ2n) is 3.65. The SMILES string of the molecule is C=C[C@@H]1CN(S(=O)(=O)c2ccc(Br)cc2)C(=S)O1. The Morgan fingerprint density at radius 3 is 2.56 bits per heavy atom. The molecule has 1 heterocycles. The number of sulfonamides is 1. The lowest BCUT2D eigenvalue weighted by Crippen LogP contribution is -2.32. The van der Waals surface area contributed by atoms with E-state index in [1.807, 2.05) is 0 Å². The van der Waals surface area contributed by atoms with Gasteiger partial charge < -0.3 is 4.74 Å². The van der Waals surface area contributed by atoms with E-state index >= 15 is 0 Å². The summed E-state index contributed by atoms with van der Waals surface area (Å²) in [6.07, 6.45) is 1.14. The number of benzene rings is 1. The second-order valence-corrected chi connectivity index (χ2v) is 6.78. The predicted octanol–water partition coefficient (Wildman–Crippen LogP) is 2.31. The van der Waals surface area contributed by atoms with Gasteiger partial charge in [0.2, 0.25) is 0 Å². The standard InChI is InChI=1S/C11H10BrNO3S2/c1-2-9-7-13(11(17)16-9)18(14,15)10-5-3-8(12)4-6-10/h2-6,9H,1,7H2/t9-/m1/s1. The lowest BCUT2D eigenvalue weighted by atomic mass is 10.4. The molecule has 2 rings (SSSR count). The third-order valence-electron chi connectivity index (χ3n) is 2.47. The normalized spacial score (nSPS) is 19.7. The monoisotopic (exact) mass is 347 g/mol. The van der Waals surface area contributed by atoms with Crippen LogP contribution in [0.3, 0.4) is 0 Å². The lowest BCUT2D eigenvalue weighted by molar-refractivity contribution is 0.287. The maximum absolute atomic E-state index is 12.3. The van der Waals surface area contributed by atoms with Crippen LogP contribution in [0.15, 0.2) is 46.3 Å². The van der Waals surface area contributed by atoms with E-state index in [1.165, 1.54) is 18.2 Å². The van der Waals surface area contributed by atoms with Crippen LogP contribution in [0.2, 0.25) is 0 Å². The molecule has 1 aliphatic rings. The molecule has 96 valence electrons. The highest BCUT2D eigenvalue weighted by Crippen LogP contribution is 2.23. The molecule has 0 aliphatic carbocycles. The topological polar surface area (TPSA) is 46.6 Å². The zero-order chi connectivity index (χ0) is 13.3. The summed E-state index contributed by atoms with van der Waals surface area (Å²) in [7, 11) is -3.65. The Bertz CT molecular complexity index is 583. The summed E-state index contributed by atoms with van der Waals surface area (Å²) in [5, 5.41) is -0.0391. The van der Waals surface area contributed by atoms with Crippen molar-refractivity contribution < 1.29 is 13.2 Å². The average molecular weight is 348 g/mol. The van der Waals surface area contributed by atoms with E-state index in [2.05, 4.69) is 22.5 Å². The predicted molar refractivity (Wildman–Crippen MR) is 75.7 cm³/mol. The van der Waals surface area contributed by atoms with Crippen LogP contribution < -0.4 is 0 Å². The third kappa shape index (κ3) is 2.43. The minimum atomic E-state index is -3.65. The van der Waals surface area contributed by atoms with Gasteiger partial charge in [-0.25, -0.2) is 12.7 Å². The number of rotatable bonds is 3. The van der Waals surface area contributed by atoms with Crippen molar-refractivity contribution in [3.63, 3.8) is 0 Å². The fraction of sp³-hybridized carbons (Fsp3) is 0.182. The van der Waals surface area contributed by atoms with Crippen molar-refractivity contribution in [2.24, 2.45) is 0 Å². The molecule has 0 spiro atoms. The van der Waals surface area contributed by atoms with Crippen molar-refractivity contribution in [1.82, 2.24) is 4.31 Å². The molecule has 0 aromatic heterocycles. The third-order valence-corrected chi connectivity index (χ3v) is 5.19. The minimum Gasteiger partial charge on any atom is -0.461 e. The number of thiocarbonyl (C=S) groups is 1. The first-order chi connectivity index (χ1) is 8.45. The number of hydrogen-bond donors (Lipinski definition) is 0. The van der Waals surface area contributed by atoms with Gasteiger partial charge in [-0.05, 0) is 42.6 Å². The Morgan fingerprint density at radius 2 is 2.06 bits per heavy atom. The van der Waals surface area contributed by atoms with Gasteiger partial charge in [0, 0.05) is 4.47 Å². The summed E-state index contributed by atoms with van der Waals surface area (Å²) >= 11 is 8.18. The molecule has 1 atom stereocenters. The molecule has 0 amide bonds. The molecule has 0 unspecified atom stereocenters. The highest BCUT2D eigenvalue weighted by atomic mass is 79.9. The summed E-state index contributed by atoms with van der Waals surface area (Å²) in [5.41, 5.74) is 0. The van der Waals surface area contributed by atoms with Crippen LogP contribution in [0.25, 0.3) is 0 Å². The Balaban J connectivity index is 2.35. The van der Waals surface area contributed by atoms with Crippen LogP contribution in [0, 0.1) is 0 Å². The molecule has 0 N–H and O–H groups in total. The van der Waals surface area contributed by atoms with Gasteiger partial charge in [-0.1, -0.05) is 22.5 Å². The van der Waals surface area contributed by atoms with Gasteiger partial charge in [-0.2, -0.15) is 0 Å². The molecule has 1 aromatic carbocycles. The highest BCUT2D eigenvalue weighted by Gasteiger charge is 2.36. The van der Waals surface area contributed by atoms with E-state index in [4.69, 9.17) is 17.0 Å². The largest absolute Gasteiger partial charge is 0.461 e. The van der Waals surface area contributed by atoms with Gasteiger partial charge >= 0.3 is 0 Å². The van der Waals surface area contributed by atoms with Crippen LogP contribution in [-0.4, -0.2) is 30.5 Å². The Hall–Kier alpha value is -0.920. The van der Waals surface area contributed by atoms with Gasteiger partial charge in [0.1, 0.15) is 6.10 Å². The first kappa shape index (κ1) is 13.5. The Morgan fingerprint density at radius 1 is 1.44 bits per heavy atom. The van der Waals surface area contributed by atoms with Gasteiger partial charge in [0.25, 0.3) is 15.2 Å². The minimum absolute atomic E-state index is 0.0391. The van der Waals surface area contributed by atoms with E-state index in [0.29, 0.717) is 0 Å². The van der Waals surface area contributed by atoms with E-state index in [-0.39, 0.29) is 22.7 Å². The number of ether oxygens (including phenoxy) is 1. The zero-order valence-corrected chi connectivity index (χ0v) is 12.5. The summed E-state index contributed by atoms with van der Waals surface area (Å²) in [6, 6.07) is 6.36. The molecule has 1 aliphatic heterocycles. The zero-order valence-electron chi connectivity index (χ0n) is 9.24. The quantitative estimate of drug-likeness (QED) is 0.621. The number of nitrogens with zero attached hydrogens (tertiary/aromatic N) is 1. The lowest BCUT2D eigenvalue weighted by Gasteiger charge is -2.15. The van der Waals surface area contributed by atoms with Gasteiger partial charge in [-0.3, -0.25) is 0 Å².